The van der Waals surface area contributed by atoms with Gasteiger partial charge in [0.2, 0.25) is 0 Å². The third-order valence-corrected chi connectivity index (χ3v) is 3.00. The average molecular weight is 210 g/mol. The monoisotopic (exact) mass is 210 g/mol. The highest BCUT2D eigenvalue weighted by molar-refractivity contribution is 5.87. The zero-order valence-electron chi connectivity index (χ0n) is 10.2. The van der Waals surface area contributed by atoms with Crippen LogP contribution < -0.4 is 0 Å². The van der Waals surface area contributed by atoms with Crippen molar-refractivity contribution in [2.24, 2.45) is 0 Å². The third-order valence-electron chi connectivity index (χ3n) is 3.00. The quantitative estimate of drug-likeness (QED) is 0.654. The Morgan fingerprint density at radius 1 is 1.06 bits per heavy atom. The number of hydrogen-bond acceptors (Lipinski definition) is 0. The van der Waals surface area contributed by atoms with Crippen LogP contribution in [-0.4, -0.2) is 0 Å². The number of allylic oxidation sites excluding steroid dienone is 1. The first-order chi connectivity index (χ1) is 7.59. The molecule has 0 fully saturated rings. The summed E-state index contributed by atoms with van der Waals surface area (Å²) < 4.78 is 0. The van der Waals surface area contributed by atoms with E-state index in [4.69, 9.17) is 0 Å². The summed E-state index contributed by atoms with van der Waals surface area (Å²) in [6.07, 6.45) is 0. The molecular formula is C16H18. The molecule has 2 aromatic rings. The lowest BCUT2D eigenvalue weighted by molar-refractivity contribution is 0.865. The van der Waals surface area contributed by atoms with Crippen LogP contribution in [0.25, 0.3) is 16.3 Å². The summed E-state index contributed by atoms with van der Waals surface area (Å²) >= 11 is 0. The van der Waals surface area contributed by atoms with Crippen molar-refractivity contribution in [3.63, 3.8) is 0 Å². The van der Waals surface area contributed by atoms with Crippen LogP contribution in [0.5, 0.6) is 0 Å². The van der Waals surface area contributed by atoms with E-state index in [0.717, 1.165) is 5.57 Å². The first-order valence-corrected chi connectivity index (χ1v) is 5.78. The minimum atomic E-state index is 0.538. The average Bonchev–Trinajstić information content (AvgIpc) is 2.27. The Balaban J connectivity index is 2.76. The van der Waals surface area contributed by atoms with Crippen molar-refractivity contribution in [2.75, 3.05) is 0 Å². The lowest BCUT2D eigenvalue weighted by Crippen LogP contribution is -1.94. The van der Waals surface area contributed by atoms with Crippen molar-refractivity contribution >= 4 is 16.3 Å². The summed E-state index contributed by atoms with van der Waals surface area (Å²) in [5.74, 6) is 0.538. The number of fused-ring (bicyclic) bond motifs is 1. The number of benzene rings is 2. The fraction of sp³-hybridized carbons (Fsp3) is 0.250. The summed E-state index contributed by atoms with van der Waals surface area (Å²) in [6.45, 7) is 10.6. The van der Waals surface area contributed by atoms with Crippen molar-refractivity contribution in [1.29, 1.82) is 0 Å². The van der Waals surface area contributed by atoms with Gasteiger partial charge < -0.3 is 0 Å². The van der Waals surface area contributed by atoms with Gasteiger partial charge in [0.1, 0.15) is 0 Å². The fourth-order valence-electron chi connectivity index (χ4n) is 2.11. The van der Waals surface area contributed by atoms with Gasteiger partial charge in [-0.15, -0.1) is 0 Å². The minimum Gasteiger partial charge on any atom is -0.0955 e. The van der Waals surface area contributed by atoms with E-state index in [1.807, 2.05) is 0 Å². The maximum absolute atomic E-state index is 4.08. The van der Waals surface area contributed by atoms with Crippen LogP contribution in [0.4, 0.5) is 0 Å². The highest BCUT2D eigenvalue weighted by atomic mass is 14.1. The number of rotatable bonds is 2. The molecule has 0 amide bonds. The normalized spacial score (nSPS) is 11.0. The van der Waals surface area contributed by atoms with E-state index in [2.05, 4.69) is 63.7 Å². The zero-order valence-corrected chi connectivity index (χ0v) is 10.2. The van der Waals surface area contributed by atoms with Crippen LogP contribution in [-0.2, 0) is 0 Å². The summed E-state index contributed by atoms with van der Waals surface area (Å²) in [6, 6.07) is 13.1. The predicted octanol–water partition coefficient (Wildman–Crippen LogP) is 5.00. The SMILES string of the molecule is C=C(C)c1cc2ccccc2cc1C(C)C. The molecular weight excluding hydrogens is 192 g/mol. The molecule has 0 aliphatic rings. The summed E-state index contributed by atoms with van der Waals surface area (Å²) in [5.41, 5.74) is 3.84. The molecule has 0 aliphatic carbocycles. The highest BCUT2D eigenvalue weighted by Gasteiger charge is 2.08. The van der Waals surface area contributed by atoms with Crippen LogP contribution in [0.15, 0.2) is 43.0 Å². The standard InChI is InChI=1S/C16H18/c1-11(2)15-9-13-7-5-6-8-14(13)10-16(15)12(3)4/h5-10,12H,1H2,2-4H3. The topological polar surface area (TPSA) is 0 Å². The highest BCUT2D eigenvalue weighted by Crippen LogP contribution is 2.29. The molecule has 0 heterocycles. The summed E-state index contributed by atoms with van der Waals surface area (Å²) in [5, 5.41) is 2.61. The molecule has 0 atom stereocenters. The minimum absolute atomic E-state index is 0.538. The van der Waals surface area contributed by atoms with Gasteiger partial charge in [-0.1, -0.05) is 56.3 Å². The molecule has 0 heteroatoms. The molecule has 0 aromatic heterocycles. The van der Waals surface area contributed by atoms with Gasteiger partial charge in [0.25, 0.3) is 0 Å². The molecule has 0 N–H and O–H groups in total. The van der Waals surface area contributed by atoms with Crippen molar-refractivity contribution in [3.05, 3.63) is 54.1 Å². The van der Waals surface area contributed by atoms with E-state index in [9.17, 15) is 0 Å². The maximum Gasteiger partial charge on any atom is -0.0178 e. The Morgan fingerprint density at radius 2 is 1.62 bits per heavy atom. The van der Waals surface area contributed by atoms with E-state index >= 15 is 0 Å². The molecule has 0 bridgehead atoms. The van der Waals surface area contributed by atoms with Crippen molar-refractivity contribution in [2.45, 2.75) is 26.7 Å². The maximum atomic E-state index is 4.08. The fourth-order valence-corrected chi connectivity index (χ4v) is 2.11. The number of hydrogen-bond donors (Lipinski definition) is 0. The van der Waals surface area contributed by atoms with Crippen LogP contribution in [0, 0.1) is 0 Å². The van der Waals surface area contributed by atoms with E-state index in [1.165, 1.54) is 21.9 Å². The molecule has 2 aromatic carbocycles. The van der Waals surface area contributed by atoms with Gasteiger partial charge in [-0.05, 0) is 40.8 Å². The van der Waals surface area contributed by atoms with Crippen molar-refractivity contribution in [3.8, 4) is 0 Å². The third kappa shape index (κ3) is 1.88. The van der Waals surface area contributed by atoms with Gasteiger partial charge in [-0.2, -0.15) is 0 Å². The Kier molecular flexibility index (Phi) is 2.82. The van der Waals surface area contributed by atoms with Gasteiger partial charge in [0.05, 0.1) is 0 Å². The Morgan fingerprint density at radius 3 is 2.12 bits per heavy atom. The summed E-state index contributed by atoms with van der Waals surface area (Å²) in [4.78, 5) is 0. The zero-order chi connectivity index (χ0) is 11.7. The molecule has 0 saturated carbocycles. The van der Waals surface area contributed by atoms with Crippen molar-refractivity contribution in [1.82, 2.24) is 0 Å². The lowest BCUT2D eigenvalue weighted by Gasteiger charge is -2.14. The van der Waals surface area contributed by atoms with Gasteiger partial charge in [0, 0.05) is 0 Å². The molecule has 0 radical (unpaired) electrons. The second kappa shape index (κ2) is 4.13. The van der Waals surface area contributed by atoms with E-state index in [-0.39, 0.29) is 0 Å². The molecule has 0 saturated heterocycles. The Hall–Kier alpha value is -1.56. The summed E-state index contributed by atoms with van der Waals surface area (Å²) in [7, 11) is 0. The molecule has 0 nitrogen and oxygen atoms in total. The lowest BCUT2D eigenvalue weighted by atomic mass is 9.91. The molecule has 16 heavy (non-hydrogen) atoms. The first-order valence-electron chi connectivity index (χ1n) is 5.78. The smallest absolute Gasteiger partial charge is 0.0178 e. The van der Waals surface area contributed by atoms with Crippen molar-refractivity contribution < 1.29 is 0 Å². The van der Waals surface area contributed by atoms with Crippen LogP contribution in [0.1, 0.15) is 37.8 Å². The molecule has 0 aliphatic heterocycles. The second-order valence-corrected chi connectivity index (χ2v) is 4.72. The van der Waals surface area contributed by atoms with E-state index in [1.54, 1.807) is 0 Å². The Labute approximate surface area is 97.6 Å². The second-order valence-electron chi connectivity index (χ2n) is 4.72. The predicted molar refractivity (Wildman–Crippen MR) is 72.7 cm³/mol. The van der Waals surface area contributed by atoms with Crippen LogP contribution >= 0.6 is 0 Å². The first kappa shape index (κ1) is 10.9. The van der Waals surface area contributed by atoms with E-state index < -0.39 is 0 Å². The molecule has 82 valence electrons. The van der Waals surface area contributed by atoms with E-state index in [0.29, 0.717) is 5.92 Å². The van der Waals surface area contributed by atoms with Gasteiger partial charge in [-0.25, -0.2) is 0 Å². The Bertz CT molecular complexity index is 533. The van der Waals surface area contributed by atoms with Gasteiger partial charge >= 0.3 is 0 Å². The molecule has 0 unspecified atom stereocenters. The van der Waals surface area contributed by atoms with Gasteiger partial charge in [-0.3, -0.25) is 0 Å². The van der Waals surface area contributed by atoms with Crippen LogP contribution in [0.2, 0.25) is 0 Å². The largest absolute Gasteiger partial charge is 0.0955 e. The van der Waals surface area contributed by atoms with Crippen LogP contribution in [0.3, 0.4) is 0 Å². The van der Waals surface area contributed by atoms with Gasteiger partial charge in [0.15, 0.2) is 0 Å². The molecule has 0 spiro atoms. The molecule has 2 rings (SSSR count).